The first-order chi connectivity index (χ1) is 17.4. The molecule has 8 nitrogen and oxygen atoms in total. The van der Waals surface area contributed by atoms with Crippen LogP contribution in [0.2, 0.25) is 0 Å². The van der Waals surface area contributed by atoms with Crippen molar-refractivity contribution in [2.45, 2.75) is 45.1 Å². The Hall–Kier alpha value is -3.46. The highest BCUT2D eigenvalue weighted by Crippen LogP contribution is 2.45. The van der Waals surface area contributed by atoms with Gasteiger partial charge in [-0.1, -0.05) is 0 Å². The number of likely N-dealkylation sites (N-methyl/N-ethyl adjacent to an activating group) is 1. The number of hydrogen-bond donors (Lipinski definition) is 1. The number of thiophene rings is 1. The van der Waals surface area contributed by atoms with Gasteiger partial charge in [-0.05, 0) is 44.5 Å². The van der Waals surface area contributed by atoms with Gasteiger partial charge < -0.3 is 15.2 Å². The molecular weight excluding hydrogens is 486 g/mol. The van der Waals surface area contributed by atoms with E-state index < -0.39 is 11.6 Å². The van der Waals surface area contributed by atoms with Crippen molar-refractivity contribution >= 4 is 37.3 Å². The molecule has 0 radical (unpaired) electrons. The lowest BCUT2D eigenvalue weighted by Crippen LogP contribution is -2.38. The van der Waals surface area contributed by atoms with Crippen LogP contribution in [0.1, 0.15) is 36.5 Å². The quantitative estimate of drug-likeness (QED) is 0.428. The van der Waals surface area contributed by atoms with Gasteiger partial charge in [0.15, 0.2) is 11.6 Å². The predicted octanol–water partition coefficient (Wildman–Crippen LogP) is 4.53. The van der Waals surface area contributed by atoms with Gasteiger partial charge in [0.25, 0.3) is 0 Å². The molecule has 1 saturated heterocycles. The Labute approximate surface area is 209 Å². The minimum Gasteiger partial charge on any atom is -0.459 e. The molecule has 2 unspecified atom stereocenters. The monoisotopic (exact) mass is 508 g/mol. The third-order valence-corrected chi connectivity index (χ3v) is 8.16. The van der Waals surface area contributed by atoms with Gasteiger partial charge in [0.2, 0.25) is 0 Å². The molecule has 2 N–H and O–H groups in total. The number of nitriles is 1. The Bertz CT molecular complexity index is 1580. The van der Waals surface area contributed by atoms with Crippen LogP contribution in [-0.2, 0) is 18.0 Å². The van der Waals surface area contributed by atoms with Crippen molar-refractivity contribution < 1.29 is 18.3 Å². The van der Waals surface area contributed by atoms with Crippen LogP contribution in [0.4, 0.5) is 13.8 Å². The van der Waals surface area contributed by atoms with Crippen molar-refractivity contribution in [1.82, 2.24) is 19.9 Å². The van der Waals surface area contributed by atoms with Gasteiger partial charge in [0.1, 0.15) is 22.7 Å². The molecule has 1 aromatic carbocycles. The van der Waals surface area contributed by atoms with Gasteiger partial charge >= 0.3 is 6.01 Å². The van der Waals surface area contributed by atoms with E-state index in [2.05, 4.69) is 26.9 Å². The van der Waals surface area contributed by atoms with Crippen LogP contribution in [0, 0.1) is 23.0 Å². The molecule has 2 aliphatic heterocycles. The molecule has 2 atom stereocenters. The Balaban J connectivity index is 1.55. The fourth-order valence-corrected chi connectivity index (χ4v) is 6.28. The first-order valence-corrected chi connectivity index (χ1v) is 12.4. The molecule has 0 saturated carbocycles. The van der Waals surface area contributed by atoms with E-state index >= 15 is 4.39 Å². The lowest BCUT2D eigenvalue weighted by Gasteiger charge is -2.25. The zero-order chi connectivity index (χ0) is 25.1. The summed E-state index contributed by atoms with van der Waals surface area (Å²) in [5, 5.41) is 10.6. The molecule has 0 bridgehead atoms. The number of pyridine rings is 1. The summed E-state index contributed by atoms with van der Waals surface area (Å²) in [5.41, 5.74) is 7.70. The summed E-state index contributed by atoms with van der Waals surface area (Å²) >= 11 is 0.940. The molecule has 5 heterocycles. The number of nitrogen functional groups attached to an aromatic ring is 1. The standard InChI is InChI=1S/C25H22F2N6O2S/c1-11(17-4-3-5-33(17)2)35-25-31-7-13-14-9-34-10-15(14)18(20(27)21(13)32-25)22-19-12(6-28)24(29)36-23(19)16(26)8-30-22/h7-8,11,17H,3-5,9-10,29H2,1-2H3. The van der Waals surface area contributed by atoms with Gasteiger partial charge in [0.05, 0.1) is 35.4 Å². The summed E-state index contributed by atoms with van der Waals surface area (Å²) in [5.74, 6) is -1.27. The molecule has 0 spiro atoms. The summed E-state index contributed by atoms with van der Waals surface area (Å²) in [6.45, 7) is 3.34. The number of aromatic nitrogens is 3. The van der Waals surface area contributed by atoms with E-state index in [1.54, 1.807) is 6.20 Å². The van der Waals surface area contributed by atoms with Crippen LogP contribution in [0.5, 0.6) is 6.01 Å². The second kappa shape index (κ2) is 8.58. The minimum absolute atomic E-state index is 0.0622. The lowest BCUT2D eigenvalue weighted by atomic mass is 9.94. The number of benzene rings is 1. The number of anilines is 1. The SMILES string of the molecule is CC(Oc1ncc2c3c(c(-c4ncc(F)c5sc(N)c(C#N)c45)c(F)c2n1)COC3)C1CCCN1C. The number of nitrogens with zero attached hydrogens (tertiary/aromatic N) is 5. The maximum Gasteiger partial charge on any atom is 0.317 e. The van der Waals surface area contributed by atoms with Crippen molar-refractivity contribution in [3.05, 3.63) is 40.7 Å². The Kier molecular flexibility index (Phi) is 5.48. The van der Waals surface area contributed by atoms with Crippen molar-refractivity contribution in [3.63, 3.8) is 0 Å². The summed E-state index contributed by atoms with van der Waals surface area (Å²) in [6, 6.07) is 2.32. The van der Waals surface area contributed by atoms with E-state index in [-0.39, 0.29) is 68.8 Å². The van der Waals surface area contributed by atoms with E-state index in [0.717, 1.165) is 42.5 Å². The highest BCUT2D eigenvalue weighted by molar-refractivity contribution is 7.23. The molecule has 11 heteroatoms. The normalized spacial score (nSPS) is 18.6. The molecule has 0 amide bonds. The summed E-state index contributed by atoms with van der Waals surface area (Å²) in [7, 11) is 2.05. The summed E-state index contributed by atoms with van der Waals surface area (Å²) < 4.78 is 42.8. The van der Waals surface area contributed by atoms with Crippen molar-refractivity contribution in [1.29, 1.82) is 5.26 Å². The third kappa shape index (κ3) is 3.40. The highest BCUT2D eigenvalue weighted by Gasteiger charge is 2.31. The van der Waals surface area contributed by atoms with Crippen LogP contribution in [0.15, 0.2) is 12.4 Å². The van der Waals surface area contributed by atoms with Crippen molar-refractivity contribution in [3.8, 4) is 23.3 Å². The molecule has 6 rings (SSSR count). The molecule has 3 aromatic heterocycles. The van der Waals surface area contributed by atoms with Gasteiger partial charge in [-0.3, -0.25) is 9.88 Å². The first-order valence-electron chi connectivity index (χ1n) is 11.6. The lowest BCUT2D eigenvalue weighted by molar-refractivity contribution is 0.112. The number of hydrogen-bond acceptors (Lipinski definition) is 9. The Morgan fingerprint density at radius 3 is 2.83 bits per heavy atom. The van der Waals surface area contributed by atoms with Gasteiger partial charge in [-0.2, -0.15) is 10.2 Å². The fraction of sp³-hybridized carbons (Fsp3) is 0.360. The molecule has 36 heavy (non-hydrogen) atoms. The predicted molar refractivity (Wildman–Crippen MR) is 131 cm³/mol. The van der Waals surface area contributed by atoms with Crippen LogP contribution >= 0.6 is 11.3 Å². The molecule has 2 aliphatic rings. The number of halogens is 2. The van der Waals surface area contributed by atoms with E-state index in [1.165, 1.54) is 0 Å². The van der Waals surface area contributed by atoms with Gasteiger partial charge in [0, 0.05) is 28.6 Å². The summed E-state index contributed by atoms with van der Waals surface area (Å²) in [4.78, 5) is 15.3. The fourth-order valence-electron chi connectivity index (χ4n) is 5.36. The molecule has 184 valence electrons. The van der Waals surface area contributed by atoms with Crippen LogP contribution in [-0.4, -0.2) is 45.6 Å². The molecule has 4 aromatic rings. The van der Waals surface area contributed by atoms with Gasteiger partial charge in [-0.25, -0.2) is 13.8 Å². The Morgan fingerprint density at radius 1 is 1.28 bits per heavy atom. The average molecular weight is 509 g/mol. The second-order valence-electron chi connectivity index (χ2n) is 9.18. The smallest absolute Gasteiger partial charge is 0.317 e. The van der Waals surface area contributed by atoms with Gasteiger partial charge in [-0.15, -0.1) is 11.3 Å². The molecular formula is C25H22F2N6O2S. The number of nitrogens with two attached hydrogens (primary N) is 1. The highest BCUT2D eigenvalue weighted by atomic mass is 32.1. The zero-order valence-corrected chi connectivity index (χ0v) is 20.5. The zero-order valence-electron chi connectivity index (χ0n) is 19.6. The number of ether oxygens (including phenoxy) is 2. The minimum atomic E-state index is -0.652. The number of rotatable bonds is 4. The topological polar surface area (TPSA) is 110 Å². The van der Waals surface area contributed by atoms with Crippen molar-refractivity contribution in [2.75, 3.05) is 19.3 Å². The third-order valence-electron chi connectivity index (χ3n) is 7.13. The summed E-state index contributed by atoms with van der Waals surface area (Å²) in [6.07, 6.45) is 4.50. The van der Waals surface area contributed by atoms with Crippen LogP contribution < -0.4 is 10.5 Å². The largest absolute Gasteiger partial charge is 0.459 e. The number of fused-ring (bicyclic) bond motifs is 4. The van der Waals surface area contributed by atoms with E-state index in [0.29, 0.717) is 10.9 Å². The maximum absolute atomic E-state index is 16.3. The van der Waals surface area contributed by atoms with E-state index in [9.17, 15) is 9.65 Å². The van der Waals surface area contributed by atoms with E-state index in [1.807, 2.05) is 13.0 Å². The Morgan fingerprint density at radius 2 is 2.08 bits per heavy atom. The number of likely N-dealkylation sites (tertiary alicyclic amines) is 1. The maximum atomic E-state index is 16.3. The molecule has 0 aliphatic carbocycles. The van der Waals surface area contributed by atoms with Crippen LogP contribution in [0.25, 0.3) is 32.2 Å². The first kappa shape index (κ1) is 23.0. The van der Waals surface area contributed by atoms with Crippen LogP contribution in [0.3, 0.4) is 0 Å². The van der Waals surface area contributed by atoms with E-state index in [4.69, 9.17) is 15.2 Å². The second-order valence-corrected chi connectivity index (χ2v) is 10.2. The van der Waals surface area contributed by atoms with Crippen molar-refractivity contribution in [2.24, 2.45) is 0 Å². The average Bonchev–Trinajstić information content (AvgIpc) is 3.59. The molecule has 1 fully saturated rings.